The van der Waals surface area contributed by atoms with Gasteiger partial charge in [0, 0.05) is 0 Å². The maximum Gasteiger partial charge on any atom is 0.319 e. The number of aliphatic carboxylic acids is 1. The van der Waals surface area contributed by atoms with E-state index in [9.17, 15) is 19.5 Å². The Bertz CT molecular complexity index is 517. The van der Waals surface area contributed by atoms with Gasteiger partial charge in [0.25, 0.3) is 0 Å². The van der Waals surface area contributed by atoms with Crippen LogP contribution in [0.4, 0.5) is 0 Å². The van der Waals surface area contributed by atoms with E-state index >= 15 is 0 Å². The van der Waals surface area contributed by atoms with Crippen LogP contribution >= 0.6 is 0 Å². The minimum absolute atomic E-state index is 0.139. The Kier molecular flexibility index (Phi) is 4.80. The van der Waals surface area contributed by atoms with Gasteiger partial charge in [0.1, 0.15) is 18.1 Å². The molecule has 5 heteroatoms. The van der Waals surface area contributed by atoms with Crippen molar-refractivity contribution >= 4 is 17.7 Å². The molecule has 0 bridgehead atoms. The Balaban J connectivity index is 2.87. The number of carbonyl (C=O) groups is 3. The molecule has 0 heterocycles. The van der Waals surface area contributed by atoms with Crippen molar-refractivity contribution in [2.24, 2.45) is 0 Å². The van der Waals surface area contributed by atoms with E-state index in [1.54, 1.807) is 6.07 Å². The molecule has 0 saturated carbocycles. The number of benzene rings is 1. The van der Waals surface area contributed by atoms with Crippen LogP contribution in [0, 0.1) is 6.92 Å². The zero-order valence-corrected chi connectivity index (χ0v) is 11.1. The second-order valence-corrected chi connectivity index (χ2v) is 4.56. The van der Waals surface area contributed by atoms with Crippen molar-refractivity contribution in [3.05, 3.63) is 29.3 Å². The lowest BCUT2D eigenvalue weighted by molar-refractivity contribution is -0.300. The van der Waals surface area contributed by atoms with E-state index < -0.39 is 24.1 Å². The highest BCUT2D eigenvalue weighted by atomic mass is 16.5. The Labute approximate surface area is 111 Å². The standard InChI is InChI=1S/C14H16O5/c1-8(2)10-5-4-9(3)6-12(10)19-13(16)7-11(15)14(17)18/h4-6,8H,7H2,1-3H3,(H,17,18)/p-1. The predicted molar refractivity (Wildman–Crippen MR) is 65.5 cm³/mol. The van der Waals surface area contributed by atoms with E-state index in [0.717, 1.165) is 11.1 Å². The Morgan fingerprint density at radius 3 is 2.42 bits per heavy atom. The Hall–Kier alpha value is -2.17. The molecule has 0 N–H and O–H groups in total. The molecule has 1 aromatic rings. The van der Waals surface area contributed by atoms with Crippen LogP contribution in [0.3, 0.4) is 0 Å². The molecule has 5 nitrogen and oxygen atoms in total. The van der Waals surface area contributed by atoms with Crippen LogP contribution in [0.5, 0.6) is 5.75 Å². The highest BCUT2D eigenvalue weighted by Gasteiger charge is 2.15. The van der Waals surface area contributed by atoms with Gasteiger partial charge in [0.05, 0.1) is 0 Å². The predicted octanol–water partition coefficient (Wildman–Crippen LogP) is 0.733. The average Bonchev–Trinajstić information content (AvgIpc) is 2.27. The molecule has 0 aliphatic heterocycles. The highest BCUT2D eigenvalue weighted by Crippen LogP contribution is 2.27. The molecule has 0 saturated heterocycles. The molecule has 0 fully saturated rings. The van der Waals surface area contributed by atoms with Gasteiger partial charge < -0.3 is 14.6 Å². The van der Waals surface area contributed by atoms with Gasteiger partial charge in [0.2, 0.25) is 0 Å². The Morgan fingerprint density at radius 2 is 1.89 bits per heavy atom. The minimum atomic E-state index is -1.88. The number of hydrogen-bond donors (Lipinski definition) is 0. The first kappa shape index (κ1) is 14.9. The van der Waals surface area contributed by atoms with Crippen LogP contribution in [0.15, 0.2) is 18.2 Å². The summed E-state index contributed by atoms with van der Waals surface area (Å²) < 4.78 is 5.06. The third-order valence-corrected chi connectivity index (χ3v) is 2.55. The molecule has 0 aliphatic rings. The second kappa shape index (κ2) is 6.13. The lowest BCUT2D eigenvalue weighted by Gasteiger charge is -2.13. The van der Waals surface area contributed by atoms with Gasteiger partial charge in [-0.05, 0) is 30.0 Å². The number of ether oxygens (including phenoxy) is 1. The maximum atomic E-state index is 11.5. The third kappa shape index (κ3) is 4.21. The number of esters is 1. The average molecular weight is 263 g/mol. The number of carbonyl (C=O) groups excluding carboxylic acids is 3. The van der Waals surface area contributed by atoms with Crippen LogP contribution in [-0.2, 0) is 14.4 Å². The van der Waals surface area contributed by atoms with Crippen molar-refractivity contribution in [3.8, 4) is 5.75 Å². The quantitative estimate of drug-likeness (QED) is 0.338. The minimum Gasteiger partial charge on any atom is -0.542 e. The fraction of sp³-hybridized carbons (Fsp3) is 0.357. The van der Waals surface area contributed by atoms with E-state index in [-0.39, 0.29) is 5.92 Å². The van der Waals surface area contributed by atoms with Crippen molar-refractivity contribution in [3.63, 3.8) is 0 Å². The lowest BCUT2D eigenvalue weighted by Crippen LogP contribution is -2.33. The smallest absolute Gasteiger partial charge is 0.319 e. The van der Waals surface area contributed by atoms with Crippen molar-refractivity contribution in [1.82, 2.24) is 0 Å². The zero-order chi connectivity index (χ0) is 14.6. The van der Waals surface area contributed by atoms with Gasteiger partial charge in [-0.25, -0.2) is 0 Å². The molecule has 0 spiro atoms. The number of carboxylic acid groups (broad SMARTS) is 1. The largest absolute Gasteiger partial charge is 0.542 e. The number of hydrogen-bond acceptors (Lipinski definition) is 5. The van der Waals surface area contributed by atoms with Crippen LogP contribution in [0.1, 0.15) is 37.3 Å². The van der Waals surface area contributed by atoms with E-state index in [2.05, 4.69) is 0 Å². The Morgan fingerprint density at radius 1 is 1.26 bits per heavy atom. The summed E-state index contributed by atoms with van der Waals surface area (Å²) in [4.78, 5) is 32.6. The monoisotopic (exact) mass is 263 g/mol. The normalized spacial score (nSPS) is 10.3. The molecule has 1 rings (SSSR count). The molecule has 0 radical (unpaired) electrons. The van der Waals surface area contributed by atoms with E-state index in [0.29, 0.717) is 5.75 Å². The van der Waals surface area contributed by atoms with Crippen molar-refractivity contribution < 1.29 is 24.2 Å². The van der Waals surface area contributed by atoms with Gasteiger partial charge in [-0.3, -0.25) is 9.59 Å². The summed E-state index contributed by atoms with van der Waals surface area (Å²) in [5.41, 5.74) is 1.72. The third-order valence-electron chi connectivity index (χ3n) is 2.55. The van der Waals surface area contributed by atoms with Crippen molar-refractivity contribution in [2.75, 3.05) is 0 Å². The lowest BCUT2D eigenvalue weighted by atomic mass is 10.0. The van der Waals surface area contributed by atoms with E-state index in [4.69, 9.17) is 4.74 Å². The summed E-state index contributed by atoms with van der Waals surface area (Å²) >= 11 is 0. The van der Waals surface area contributed by atoms with E-state index in [1.807, 2.05) is 32.9 Å². The summed E-state index contributed by atoms with van der Waals surface area (Å²) in [6.45, 7) is 5.72. The second-order valence-electron chi connectivity index (χ2n) is 4.56. The van der Waals surface area contributed by atoms with Gasteiger partial charge >= 0.3 is 5.97 Å². The van der Waals surface area contributed by atoms with Gasteiger partial charge in [-0.2, -0.15) is 0 Å². The number of carboxylic acids is 1. The molecule has 19 heavy (non-hydrogen) atoms. The molecule has 0 unspecified atom stereocenters. The van der Waals surface area contributed by atoms with Crippen LogP contribution in [0.25, 0.3) is 0 Å². The van der Waals surface area contributed by atoms with E-state index in [1.165, 1.54) is 0 Å². The first-order valence-corrected chi connectivity index (χ1v) is 5.86. The molecule has 0 aromatic heterocycles. The van der Waals surface area contributed by atoms with Crippen LogP contribution < -0.4 is 9.84 Å². The fourth-order valence-corrected chi connectivity index (χ4v) is 1.57. The fourth-order valence-electron chi connectivity index (χ4n) is 1.57. The molecule has 0 atom stereocenters. The number of Topliss-reactive ketones (excluding diaryl/α,β-unsaturated/α-hetero) is 1. The molecule has 102 valence electrons. The summed E-state index contributed by atoms with van der Waals surface area (Å²) in [6.07, 6.45) is -0.826. The van der Waals surface area contributed by atoms with Gasteiger partial charge in [-0.15, -0.1) is 0 Å². The molecule has 0 amide bonds. The summed E-state index contributed by atoms with van der Waals surface area (Å²) in [5.74, 6) is -3.58. The summed E-state index contributed by atoms with van der Waals surface area (Å²) in [7, 11) is 0. The van der Waals surface area contributed by atoms with Gasteiger partial charge in [0.15, 0.2) is 5.78 Å². The summed E-state index contributed by atoms with van der Waals surface area (Å²) in [5, 5.41) is 10.2. The maximum absolute atomic E-state index is 11.5. The molecule has 0 aliphatic carbocycles. The number of aryl methyl sites for hydroxylation is 1. The molecular weight excluding hydrogens is 248 g/mol. The van der Waals surface area contributed by atoms with Gasteiger partial charge in [-0.1, -0.05) is 26.0 Å². The van der Waals surface area contributed by atoms with Crippen LogP contribution in [-0.4, -0.2) is 17.7 Å². The summed E-state index contributed by atoms with van der Waals surface area (Å²) in [6, 6.07) is 5.40. The molecule has 1 aromatic carbocycles. The number of rotatable bonds is 5. The van der Waals surface area contributed by atoms with Crippen LogP contribution in [0.2, 0.25) is 0 Å². The highest BCUT2D eigenvalue weighted by molar-refractivity contribution is 6.34. The van der Waals surface area contributed by atoms with Crippen molar-refractivity contribution in [1.29, 1.82) is 0 Å². The SMILES string of the molecule is Cc1ccc(C(C)C)c(OC(=O)CC(=O)C(=O)[O-])c1. The zero-order valence-electron chi connectivity index (χ0n) is 11.1. The first-order valence-electron chi connectivity index (χ1n) is 5.86. The van der Waals surface area contributed by atoms with Crippen molar-refractivity contribution in [2.45, 2.75) is 33.1 Å². The number of ketones is 1. The topological polar surface area (TPSA) is 83.5 Å². The first-order chi connectivity index (χ1) is 8.81. The molecular formula is C14H15O5-.